The molecule has 1 aromatic heterocycles. The number of nitro groups is 1. The molecule has 6 nitrogen and oxygen atoms in total. The molecule has 1 heterocycles. The summed E-state index contributed by atoms with van der Waals surface area (Å²) >= 11 is 1.49. The molecule has 0 atom stereocenters. The molecule has 7 heteroatoms. The van der Waals surface area contributed by atoms with Gasteiger partial charge in [0.1, 0.15) is 0 Å². The SMILES string of the molecule is COCCCSCC(=O)c1cc([N+](=O)[O-])c[nH]1. The number of Topliss-reactive ketones (excluding diaryl/α,β-unsaturated/α-hetero) is 1. The number of nitrogens with zero attached hydrogens (tertiary/aromatic N) is 1. The average molecular weight is 258 g/mol. The van der Waals surface area contributed by atoms with Crippen LogP contribution >= 0.6 is 11.8 Å². The van der Waals surface area contributed by atoms with E-state index in [1.165, 1.54) is 24.0 Å². The Morgan fingerprint density at radius 3 is 3.00 bits per heavy atom. The van der Waals surface area contributed by atoms with Crippen molar-refractivity contribution in [1.29, 1.82) is 0 Å². The van der Waals surface area contributed by atoms with E-state index in [2.05, 4.69) is 4.98 Å². The zero-order valence-electron chi connectivity index (χ0n) is 9.47. The van der Waals surface area contributed by atoms with Crippen LogP contribution in [0.3, 0.4) is 0 Å². The molecule has 0 bridgehead atoms. The molecule has 1 aromatic rings. The van der Waals surface area contributed by atoms with Gasteiger partial charge in [-0.05, 0) is 12.2 Å². The van der Waals surface area contributed by atoms with E-state index < -0.39 is 4.92 Å². The number of methoxy groups -OCH3 is 1. The molecule has 0 radical (unpaired) electrons. The second kappa shape index (κ2) is 7.08. The molecule has 0 saturated carbocycles. The van der Waals surface area contributed by atoms with Gasteiger partial charge in [0.2, 0.25) is 0 Å². The van der Waals surface area contributed by atoms with Gasteiger partial charge in [-0.25, -0.2) is 0 Å². The van der Waals surface area contributed by atoms with Crippen molar-refractivity contribution in [3.63, 3.8) is 0 Å². The van der Waals surface area contributed by atoms with E-state index in [-0.39, 0.29) is 17.2 Å². The molecule has 0 aliphatic heterocycles. The van der Waals surface area contributed by atoms with Crippen LogP contribution < -0.4 is 0 Å². The lowest BCUT2D eigenvalue weighted by Crippen LogP contribution is -2.03. The van der Waals surface area contributed by atoms with Gasteiger partial charge in [-0.2, -0.15) is 11.8 Å². The van der Waals surface area contributed by atoms with Crippen LogP contribution in [0.1, 0.15) is 16.9 Å². The van der Waals surface area contributed by atoms with Crippen LogP contribution in [0.5, 0.6) is 0 Å². The quantitative estimate of drug-likeness (QED) is 0.333. The monoisotopic (exact) mass is 258 g/mol. The number of hydrogen-bond donors (Lipinski definition) is 1. The zero-order valence-corrected chi connectivity index (χ0v) is 10.3. The van der Waals surface area contributed by atoms with Crippen LogP contribution in [0.15, 0.2) is 12.3 Å². The van der Waals surface area contributed by atoms with E-state index in [1.54, 1.807) is 7.11 Å². The van der Waals surface area contributed by atoms with Crippen LogP contribution in [0, 0.1) is 10.1 Å². The largest absolute Gasteiger partial charge is 0.385 e. The number of thioether (sulfide) groups is 1. The fourth-order valence-corrected chi connectivity index (χ4v) is 2.00. The molecule has 1 N–H and O–H groups in total. The lowest BCUT2D eigenvalue weighted by Gasteiger charge is -1.99. The summed E-state index contributed by atoms with van der Waals surface area (Å²) in [4.78, 5) is 24.1. The van der Waals surface area contributed by atoms with E-state index in [0.717, 1.165) is 12.2 Å². The van der Waals surface area contributed by atoms with Gasteiger partial charge in [-0.1, -0.05) is 0 Å². The lowest BCUT2D eigenvalue weighted by molar-refractivity contribution is -0.384. The Hall–Kier alpha value is -1.34. The Labute approximate surface area is 103 Å². The first-order valence-corrected chi connectivity index (χ1v) is 6.23. The molecular weight excluding hydrogens is 244 g/mol. The number of nitrogens with one attached hydrogen (secondary N) is 1. The Morgan fingerprint density at radius 2 is 2.41 bits per heavy atom. The molecule has 0 fully saturated rings. The summed E-state index contributed by atoms with van der Waals surface area (Å²) in [5.74, 6) is 1.03. The number of ether oxygens (including phenoxy) is 1. The van der Waals surface area contributed by atoms with Crippen LogP contribution in [0.4, 0.5) is 5.69 Å². The number of carbonyl (C=O) groups excluding carboxylic acids is 1. The van der Waals surface area contributed by atoms with E-state index in [4.69, 9.17) is 4.74 Å². The maximum Gasteiger partial charge on any atom is 0.287 e. The first kappa shape index (κ1) is 13.7. The molecule has 17 heavy (non-hydrogen) atoms. The van der Waals surface area contributed by atoms with Crippen LogP contribution in [0.2, 0.25) is 0 Å². The van der Waals surface area contributed by atoms with Gasteiger partial charge in [0.25, 0.3) is 5.69 Å². The number of H-pyrrole nitrogens is 1. The fraction of sp³-hybridized carbons (Fsp3) is 0.500. The number of aromatic nitrogens is 1. The minimum Gasteiger partial charge on any atom is -0.385 e. The zero-order chi connectivity index (χ0) is 12.7. The van der Waals surface area contributed by atoms with Gasteiger partial charge in [0, 0.05) is 19.8 Å². The predicted molar refractivity (Wildman–Crippen MR) is 65.6 cm³/mol. The summed E-state index contributed by atoms with van der Waals surface area (Å²) < 4.78 is 4.88. The standard InChI is InChI=1S/C10H14N2O4S/c1-16-3-2-4-17-7-10(13)9-5-8(6-11-9)12(14)15/h5-6,11H,2-4,7H2,1H3. The Balaban J connectivity index is 2.34. The number of hydrogen-bond acceptors (Lipinski definition) is 5. The maximum atomic E-state index is 11.6. The highest BCUT2D eigenvalue weighted by Crippen LogP contribution is 2.14. The lowest BCUT2D eigenvalue weighted by atomic mass is 10.3. The maximum absolute atomic E-state index is 11.6. The fourth-order valence-electron chi connectivity index (χ4n) is 1.20. The number of carbonyl (C=O) groups is 1. The molecule has 0 amide bonds. The van der Waals surface area contributed by atoms with Crippen LogP contribution in [-0.4, -0.2) is 40.9 Å². The highest BCUT2D eigenvalue weighted by atomic mass is 32.2. The number of ketones is 1. The van der Waals surface area contributed by atoms with Gasteiger partial charge in [-0.15, -0.1) is 0 Å². The molecule has 0 spiro atoms. The normalized spacial score (nSPS) is 10.4. The molecule has 0 aliphatic carbocycles. The molecular formula is C10H14N2O4S. The Morgan fingerprint density at radius 1 is 1.65 bits per heavy atom. The molecule has 0 aliphatic rings. The van der Waals surface area contributed by atoms with Crippen molar-refractivity contribution in [2.45, 2.75) is 6.42 Å². The Bertz CT molecular complexity index is 391. The van der Waals surface area contributed by atoms with Crippen molar-refractivity contribution < 1.29 is 14.5 Å². The minimum atomic E-state index is -0.529. The van der Waals surface area contributed by atoms with Crippen molar-refractivity contribution in [3.8, 4) is 0 Å². The third-order valence-corrected chi connectivity index (χ3v) is 3.09. The van der Waals surface area contributed by atoms with E-state index in [0.29, 0.717) is 12.4 Å². The topological polar surface area (TPSA) is 85.2 Å². The van der Waals surface area contributed by atoms with Crippen molar-refractivity contribution >= 4 is 23.2 Å². The second-order valence-electron chi connectivity index (χ2n) is 3.35. The summed E-state index contributed by atoms with van der Waals surface area (Å²) in [6.45, 7) is 0.676. The van der Waals surface area contributed by atoms with Gasteiger partial charge in [0.15, 0.2) is 5.78 Å². The number of rotatable bonds is 8. The second-order valence-corrected chi connectivity index (χ2v) is 4.46. The van der Waals surface area contributed by atoms with E-state index in [1.807, 2.05) is 0 Å². The summed E-state index contributed by atoms with van der Waals surface area (Å²) in [5, 5.41) is 10.4. The molecule has 0 unspecified atom stereocenters. The summed E-state index contributed by atoms with van der Waals surface area (Å²) in [6.07, 6.45) is 2.11. The minimum absolute atomic E-state index is 0.0854. The van der Waals surface area contributed by atoms with Gasteiger partial charge < -0.3 is 9.72 Å². The van der Waals surface area contributed by atoms with Gasteiger partial charge in [0.05, 0.1) is 22.6 Å². The molecule has 94 valence electrons. The third-order valence-electron chi connectivity index (χ3n) is 2.05. The highest BCUT2D eigenvalue weighted by molar-refractivity contribution is 7.99. The average Bonchev–Trinajstić information content (AvgIpc) is 2.78. The number of aromatic amines is 1. The summed E-state index contributed by atoms with van der Waals surface area (Å²) in [5.41, 5.74) is 0.202. The predicted octanol–water partition coefficient (Wildman–Crippen LogP) is 1.88. The van der Waals surface area contributed by atoms with Crippen molar-refractivity contribution in [2.75, 3.05) is 25.2 Å². The van der Waals surface area contributed by atoms with Crippen LogP contribution in [0.25, 0.3) is 0 Å². The van der Waals surface area contributed by atoms with Gasteiger partial charge in [-0.3, -0.25) is 14.9 Å². The van der Waals surface area contributed by atoms with Crippen molar-refractivity contribution in [3.05, 3.63) is 28.1 Å². The smallest absolute Gasteiger partial charge is 0.287 e. The first-order valence-electron chi connectivity index (χ1n) is 5.08. The van der Waals surface area contributed by atoms with E-state index >= 15 is 0 Å². The van der Waals surface area contributed by atoms with Crippen molar-refractivity contribution in [1.82, 2.24) is 4.98 Å². The van der Waals surface area contributed by atoms with Crippen molar-refractivity contribution in [2.24, 2.45) is 0 Å². The molecule has 0 aromatic carbocycles. The van der Waals surface area contributed by atoms with E-state index in [9.17, 15) is 14.9 Å². The first-order chi connectivity index (χ1) is 8.15. The molecule has 1 rings (SSSR count). The Kier molecular flexibility index (Phi) is 5.71. The van der Waals surface area contributed by atoms with Crippen LogP contribution in [-0.2, 0) is 4.74 Å². The third kappa shape index (κ3) is 4.58. The van der Waals surface area contributed by atoms with Gasteiger partial charge >= 0.3 is 0 Å². The summed E-state index contributed by atoms with van der Waals surface area (Å²) in [7, 11) is 1.63. The molecule has 0 saturated heterocycles. The summed E-state index contributed by atoms with van der Waals surface area (Å²) in [6, 6.07) is 1.26. The highest BCUT2D eigenvalue weighted by Gasteiger charge is 2.13.